The van der Waals surface area contributed by atoms with Gasteiger partial charge in [-0.1, -0.05) is 69.8 Å². The highest BCUT2D eigenvalue weighted by Crippen LogP contribution is 2.35. The van der Waals surface area contributed by atoms with E-state index in [1.165, 1.54) is 62.8 Å². The molecule has 0 unspecified atom stereocenters. The molecule has 4 aliphatic heterocycles. The molecule has 0 spiro atoms. The summed E-state index contributed by atoms with van der Waals surface area (Å²) >= 11 is 9.16. The third-order valence-corrected chi connectivity index (χ3v) is 16.4. The number of benzene rings is 3. The third kappa shape index (κ3) is 17.0. The average Bonchev–Trinajstić information content (AvgIpc) is 1.73. The average molecular weight is 1420 g/mol. The van der Waals surface area contributed by atoms with Crippen LogP contribution in [0, 0.1) is 18.2 Å². The summed E-state index contributed by atoms with van der Waals surface area (Å²) in [5.41, 5.74) is -3.31. The summed E-state index contributed by atoms with van der Waals surface area (Å²) in [7, 11) is 0. The Morgan fingerprint density at radius 2 is 0.674 bits per heavy atom. The van der Waals surface area contributed by atoms with Crippen LogP contribution in [0.25, 0.3) is 0 Å². The van der Waals surface area contributed by atoms with E-state index >= 15 is 0 Å². The van der Waals surface area contributed by atoms with E-state index in [0.717, 1.165) is 20.2 Å². The molecule has 35 heteroatoms. The molecule has 0 bridgehead atoms. The van der Waals surface area contributed by atoms with Gasteiger partial charge >= 0.3 is 22.8 Å². The van der Waals surface area contributed by atoms with Gasteiger partial charge in [-0.3, -0.25) is 57.4 Å². The summed E-state index contributed by atoms with van der Waals surface area (Å²) in [5.74, 6) is 1.84. The van der Waals surface area contributed by atoms with E-state index in [-0.39, 0.29) is 48.4 Å². The molecule has 0 amide bonds. The molecule has 0 aliphatic carbocycles. The van der Waals surface area contributed by atoms with Crippen LogP contribution in [0.5, 0.6) is 0 Å². The van der Waals surface area contributed by atoms with E-state index in [4.69, 9.17) is 57.4 Å². The summed E-state index contributed by atoms with van der Waals surface area (Å²) < 4.78 is 40.0. The molecule has 8 heterocycles. The van der Waals surface area contributed by atoms with Gasteiger partial charge in [0.25, 0.3) is 22.2 Å². The number of nitrogens with zero attached hydrogens (tertiary/aromatic N) is 4. The number of hydrogen-bond donors (Lipinski definition) is 16. The lowest BCUT2D eigenvalue weighted by Gasteiger charge is -2.15. The molecule has 4 fully saturated rings. The van der Waals surface area contributed by atoms with Crippen molar-refractivity contribution in [3.63, 3.8) is 0 Å². The lowest BCUT2D eigenvalue weighted by molar-refractivity contribution is -0.0233. The number of H-pyrrole nitrogens is 4. The van der Waals surface area contributed by atoms with Crippen molar-refractivity contribution in [3.8, 4) is 12.3 Å². The number of aromatic amines is 4. The Hall–Kier alpha value is -8.00. The number of aromatic nitrogens is 8. The molecule has 95 heavy (non-hydrogen) atoms. The SMILES string of the molecule is C#CCn1cc([C@@H]2O[C@H](CO)[C@@H](O)[C@H]2O)c(=O)[nH]c1=O.O=c1[nH]c(=O)n(Cc2ccc(Br)cc2)cc1[C@@H]1O[C@H](CO)[C@@H](O)[C@H]1O.O=c1[nH]c(=O)n(Cc2ccc(Cl)cc2)cc1[C@@H]1O[C@H](CO)[C@@H](O)[C@H]1O.O=c1[nH]c(=O)n(Cc2ccc(F)cc2)cc1[C@@H]1O[C@H](CO)[C@@H](O)[C@H]1O. The first-order valence-electron chi connectivity index (χ1n) is 28.7. The van der Waals surface area contributed by atoms with Crippen LogP contribution in [0.4, 0.5) is 4.39 Å². The van der Waals surface area contributed by atoms with Crippen molar-refractivity contribution in [1.29, 1.82) is 0 Å². The van der Waals surface area contributed by atoms with Crippen molar-refractivity contribution >= 4 is 27.5 Å². The Morgan fingerprint density at radius 3 is 0.937 bits per heavy atom. The molecule has 16 atom stereocenters. The molecule has 0 radical (unpaired) electrons. The van der Waals surface area contributed by atoms with Crippen LogP contribution in [-0.2, 0) is 45.1 Å². The van der Waals surface area contributed by atoms with Crippen molar-refractivity contribution in [2.75, 3.05) is 26.4 Å². The van der Waals surface area contributed by atoms with Gasteiger partial charge in [0, 0.05) is 34.3 Å². The van der Waals surface area contributed by atoms with Gasteiger partial charge < -0.3 is 80.2 Å². The van der Waals surface area contributed by atoms with Gasteiger partial charge in [0.05, 0.1) is 74.9 Å². The van der Waals surface area contributed by atoms with Crippen LogP contribution >= 0.6 is 27.5 Å². The molecular formula is C60H65BrClFN8O24. The minimum absolute atomic E-state index is 0.00364. The summed E-state index contributed by atoms with van der Waals surface area (Å²) in [6.45, 7) is -1.63. The molecule has 4 aromatic heterocycles. The summed E-state index contributed by atoms with van der Waals surface area (Å²) in [6, 6.07) is 19.7. The topological polar surface area (TPSA) is 499 Å². The van der Waals surface area contributed by atoms with E-state index in [0.29, 0.717) is 10.6 Å². The normalized spacial score (nSPS) is 26.8. The van der Waals surface area contributed by atoms with Crippen LogP contribution in [0.2, 0.25) is 5.02 Å². The molecule has 32 nitrogen and oxygen atoms in total. The molecule has 11 rings (SSSR count). The van der Waals surface area contributed by atoms with Crippen molar-refractivity contribution < 1.29 is 84.6 Å². The summed E-state index contributed by atoms with van der Waals surface area (Å²) in [5, 5.41) is 116. The number of rotatable bonds is 15. The van der Waals surface area contributed by atoms with Crippen molar-refractivity contribution in [3.05, 3.63) is 235 Å². The Kier molecular flexibility index (Phi) is 24.7. The quantitative estimate of drug-likeness (QED) is 0.0428. The van der Waals surface area contributed by atoms with Gasteiger partial charge in [0.1, 0.15) is 103 Å². The first-order valence-corrected chi connectivity index (χ1v) is 29.9. The Morgan fingerprint density at radius 1 is 0.421 bits per heavy atom. The van der Waals surface area contributed by atoms with Crippen LogP contribution < -0.4 is 45.0 Å². The highest BCUT2D eigenvalue weighted by atomic mass is 79.9. The van der Waals surface area contributed by atoms with Gasteiger partial charge in [-0.15, -0.1) is 6.42 Å². The largest absolute Gasteiger partial charge is 0.394 e. The van der Waals surface area contributed by atoms with E-state index in [1.54, 1.807) is 24.3 Å². The maximum absolute atomic E-state index is 13.0. The predicted octanol–water partition coefficient (Wildman–Crippen LogP) is -4.90. The smallest absolute Gasteiger partial charge is 0.329 e. The lowest BCUT2D eigenvalue weighted by Crippen LogP contribution is -2.36. The van der Waals surface area contributed by atoms with Crippen molar-refractivity contribution in [2.24, 2.45) is 0 Å². The van der Waals surface area contributed by atoms with E-state index in [1.807, 2.05) is 24.3 Å². The van der Waals surface area contributed by atoms with Gasteiger partial charge in [0.15, 0.2) is 0 Å². The zero-order chi connectivity index (χ0) is 69.3. The second-order valence-corrected chi connectivity index (χ2v) is 23.4. The minimum atomic E-state index is -1.42. The van der Waals surface area contributed by atoms with Crippen LogP contribution in [0.1, 0.15) is 63.4 Å². The third-order valence-electron chi connectivity index (χ3n) is 15.6. The fraction of sp³-hybridized carbons (Fsp3) is 0.400. The standard InChI is InChI=1S/C16H17BrN2O6.C16H17ClN2O6.C16H17FN2O6.C12H14N2O6/c3*17-9-3-1-8(2-4-9)5-19-6-10(15(23)18-16(19)24)14-13(22)12(21)11(7-20)25-14;1-2-3-14-4-6(11(18)13-12(14)19)10-9(17)8(16)7(5-15)20-10/h3*1-4,6,11-14,20-22H,5,7H2,(H,18,23,24);1,4,7-10,15-17H,3,5H2,(H,13,18,19)/t3*11-,12-,13-,14+;7-,8-,9-,10+/m1111/s1. The number of nitrogens with one attached hydrogen (secondary N) is 4. The number of hydrogen-bond acceptors (Lipinski definition) is 24. The molecular weight excluding hydrogens is 1350 g/mol. The summed E-state index contributed by atoms with van der Waals surface area (Å²) in [6.07, 6.45) is -9.41. The van der Waals surface area contributed by atoms with Gasteiger partial charge in [-0.2, -0.15) is 0 Å². The molecule has 510 valence electrons. The van der Waals surface area contributed by atoms with E-state index in [9.17, 15) is 83.6 Å². The molecule has 4 aliphatic rings. The zero-order valence-corrected chi connectivity index (χ0v) is 51.7. The summed E-state index contributed by atoms with van der Waals surface area (Å²) in [4.78, 5) is 104. The van der Waals surface area contributed by atoms with Gasteiger partial charge in [-0.05, 0) is 53.1 Å². The fourth-order valence-corrected chi connectivity index (χ4v) is 10.9. The maximum atomic E-state index is 13.0. The zero-order valence-electron chi connectivity index (χ0n) is 49.4. The molecule has 3 aromatic carbocycles. The van der Waals surface area contributed by atoms with Gasteiger partial charge in [-0.25, -0.2) is 23.6 Å². The molecule has 16 N–H and O–H groups in total. The van der Waals surface area contributed by atoms with Crippen LogP contribution in [-0.4, -0.2) is 199 Å². The van der Waals surface area contributed by atoms with Crippen LogP contribution in [0.15, 0.2) is 140 Å². The number of aliphatic hydroxyl groups excluding tert-OH is 12. The number of ether oxygens (including phenoxy) is 4. The van der Waals surface area contributed by atoms with E-state index < -0.39 is 175 Å². The van der Waals surface area contributed by atoms with Crippen molar-refractivity contribution in [2.45, 2.75) is 124 Å². The first kappa shape index (κ1) is 72.8. The first-order chi connectivity index (χ1) is 45.2. The number of terminal acetylenes is 1. The Balaban J connectivity index is 0.000000163. The molecule has 4 saturated heterocycles. The van der Waals surface area contributed by atoms with Gasteiger partial charge in [0.2, 0.25) is 0 Å². The highest BCUT2D eigenvalue weighted by molar-refractivity contribution is 9.10. The fourth-order valence-electron chi connectivity index (χ4n) is 10.5. The second kappa shape index (κ2) is 32.2. The van der Waals surface area contributed by atoms with E-state index in [2.05, 4.69) is 41.8 Å². The molecule has 0 saturated carbocycles. The second-order valence-electron chi connectivity index (χ2n) is 22.0. The monoisotopic (exact) mass is 1410 g/mol. The molecule has 7 aromatic rings. The maximum Gasteiger partial charge on any atom is 0.329 e. The minimum Gasteiger partial charge on any atom is -0.394 e. The highest BCUT2D eigenvalue weighted by Gasteiger charge is 2.47. The van der Waals surface area contributed by atoms with Crippen molar-refractivity contribution in [1.82, 2.24) is 38.2 Å². The number of aliphatic hydroxyl groups is 12. The number of halogens is 3. The predicted molar refractivity (Wildman–Crippen MR) is 330 cm³/mol. The lowest BCUT2D eigenvalue weighted by atomic mass is 10.0. The Bertz CT molecular complexity index is 3980. The van der Waals surface area contributed by atoms with Crippen LogP contribution in [0.3, 0.4) is 0 Å². The Labute approximate surface area is 545 Å².